The molecule has 1 aromatic heterocycles. The monoisotopic (exact) mass is 379 g/mol. The van der Waals surface area contributed by atoms with Crippen molar-refractivity contribution in [3.63, 3.8) is 0 Å². The summed E-state index contributed by atoms with van der Waals surface area (Å²) in [6.07, 6.45) is 1.22. The fourth-order valence-electron chi connectivity index (χ4n) is 2.33. The van der Waals surface area contributed by atoms with Gasteiger partial charge < -0.3 is 14.0 Å². The number of nitrogens with zero attached hydrogens (tertiary/aromatic N) is 2. The van der Waals surface area contributed by atoms with Gasteiger partial charge in [0.2, 0.25) is 6.79 Å². The van der Waals surface area contributed by atoms with Crippen molar-refractivity contribution < 1.29 is 22.4 Å². The molecular weight excluding hydrogens is 370 g/mol. The molecule has 0 amide bonds. The fourth-order valence-corrected chi connectivity index (χ4v) is 3.70. The Balaban J connectivity index is 1.80. The molecule has 0 bridgehead atoms. The molecule has 10 heteroatoms. The Kier molecular flexibility index (Phi) is 3.74. The maximum atomic E-state index is 12.7. The summed E-state index contributed by atoms with van der Waals surface area (Å²) in [6, 6.07) is 9.01. The Labute approximate surface area is 147 Å². The lowest BCUT2D eigenvalue weighted by Gasteiger charge is -2.12. The van der Waals surface area contributed by atoms with Gasteiger partial charge in [0.1, 0.15) is 0 Å². The maximum Gasteiger partial charge on any atom is 0.261 e. The van der Waals surface area contributed by atoms with Crippen molar-refractivity contribution in [2.45, 2.75) is 4.90 Å². The van der Waals surface area contributed by atoms with Crippen LogP contribution in [0.15, 0.2) is 52.1 Å². The van der Waals surface area contributed by atoms with Crippen molar-refractivity contribution in [3.05, 3.63) is 47.7 Å². The van der Waals surface area contributed by atoms with Crippen LogP contribution in [0.5, 0.6) is 11.5 Å². The molecule has 0 saturated carbocycles. The number of anilines is 1. The Morgan fingerprint density at radius 3 is 2.64 bits per heavy atom. The number of rotatable bonds is 4. The van der Waals surface area contributed by atoms with Crippen LogP contribution in [0.1, 0.15) is 0 Å². The first-order chi connectivity index (χ1) is 12.0. The number of hydrogen-bond acceptors (Lipinski definition) is 7. The third-order valence-corrected chi connectivity index (χ3v) is 5.05. The topological polar surface area (TPSA) is 104 Å². The van der Waals surface area contributed by atoms with Crippen LogP contribution in [0.2, 0.25) is 5.02 Å². The lowest BCUT2D eigenvalue weighted by molar-refractivity contribution is 0.174. The number of ether oxygens (including phenoxy) is 2. The highest BCUT2D eigenvalue weighted by Gasteiger charge is 2.24. The van der Waals surface area contributed by atoms with E-state index in [-0.39, 0.29) is 23.3 Å². The van der Waals surface area contributed by atoms with Gasteiger partial charge in [-0.3, -0.25) is 4.72 Å². The van der Waals surface area contributed by atoms with Gasteiger partial charge in [-0.25, -0.2) is 8.42 Å². The summed E-state index contributed by atoms with van der Waals surface area (Å²) in [4.78, 5) is 3.98. The maximum absolute atomic E-state index is 12.7. The summed E-state index contributed by atoms with van der Waals surface area (Å²) in [5.74, 6) is 1.01. The van der Waals surface area contributed by atoms with E-state index in [2.05, 4.69) is 14.9 Å². The average molecular weight is 380 g/mol. The largest absolute Gasteiger partial charge is 0.454 e. The zero-order valence-corrected chi connectivity index (χ0v) is 14.0. The van der Waals surface area contributed by atoms with Crippen LogP contribution < -0.4 is 14.2 Å². The Bertz CT molecular complexity index is 1040. The molecule has 0 aliphatic carbocycles. The molecule has 3 aromatic rings. The Morgan fingerprint density at radius 1 is 1.12 bits per heavy atom. The molecule has 0 radical (unpaired) electrons. The van der Waals surface area contributed by atoms with Crippen LogP contribution in [0, 0.1) is 0 Å². The number of aromatic nitrogens is 2. The molecule has 128 valence electrons. The molecular formula is C15H10ClN3O5S. The molecule has 25 heavy (non-hydrogen) atoms. The average Bonchev–Trinajstić information content (AvgIpc) is 3.25. The van der Waals surface area contributed by atoms with E-state index < -0.39 is 10.0 Å². The molecule has 2 heterocycles. The standard InChI is InChI=1S/C15H10ClN3O5S/c16-9-2-1-3-10(4-9)25(20,21)19-12-6-14-13(22-8-23-14)5-11(12)15-17-7-18-24-15/h1-7,19H,8H2. The molecule has 1 aliphatic rings. The van der Waals surface area contributed by atoms with Crippen molar-refractivity contribution in [2.24, 2.45) is 0 Å². The molecule has 2 aromatic carbocycles. The summed E-state index contributed by atoms with van der Waals surface area (Å²) in [7, 11) is -3.89. The van der Waals surface area contributed by atoms with E-state index in [4.69, 9.17) is 25.6 Å². The van der Waals surface area contributed by atoms with Gasteiger partial charge in [-0.2, -0.15) is 4.98 Å². The van der Waals surface area contributed by atoms with E-state index in [0.717, 1.165) is 0 Å². The van der Waals surface area contributed by atoms with Crippen molar-refractivity contribution in [1.82, 2.24) is 10.1 Å². The Morgan fingerprint density at radius 2 is 1.92 bits per heavy atom. The van der Waals surface area contributed by atoms with Gasteiger partial charge in [0, 0.05) is 11.1 Å². The third-order valence-electron chi connectivity index (χ3n) is 3.46. The number of halogens is 1. The second-order valence-corrected chi connectivity index (χ2v) is 7.18. The van der Waals surface area contributed by atoms with Crippen molar-refractivity contribution in [3.8, 4) is 23.0 Å². The van der Waals surface area contributed by atoms with E-state index in [1.807, 2.05) is 0 Å². The molecule has 0 spiro atoms. The minimum absolute atomic E-state index is 0.0224. The number of sulfonamides is 1. The van der Waals surface area contributed by atoms with E-state index in [1.54, 1.807) is 18.2 Å². The van der Waals surface area contributed by atoms with E-state index in [1.165, 1.54) is 24.5 Å². The second-order valence-electron chi connectivity index (χ2n) is 5.06. The number of hydrogen-bond donors (Lipinski definition) is 1. The molecule has 0 atom stereocenters. The van der Waals surface area contributed by atoms with Gasteiger partial charge in [0.25, 0.3) is 15.9 Å². The molecule has 0 saturated heterocycles. The minimum atomic E-state index is -3.89. The van der Waals surface area contributed by atoms with Crippen molar-refractivity contribution in [1.29, 1.82) is 0 Å². The van der Waals surface area contributed by atoms with Crippen molar-refractivity contribution >= 4 is 27.3 Å². The highest BCUT2D eigenvalue weighted by Crippen LogP contribution is 2.41. The lowest BCUT2D eigenvalue weighted by Crippen LogP contribution is -2.13. The molecule has 8 nitrogen and oxygen atoms in total. The van der Waals surface area contributed by atoms with Gasteiger partial charge >= 0.3 is 0 Å². The molecule has 1 aliphatic heterocycles. The first-order valence-electron chi connectivity index (χ1n) is 7.02. The Hall–Kier alpha value is -2.78. The van der Waals surface area contributed by atoms with Crippen LogP contribution in [0.4, 0.5) is 5.69 Å². The minimum Gasteiger partial charge on any atom is -0.454 e. The number of benzene rings is 2. The van der Waals surface area contributed by atoms with E-state index in [0.29, 0.717) is 22.1 Å². The van der Waals surface area contributed by atoms with Crippen LogP contribution in [-0.4, -0.2) is 25.4 Å². The summed E-state index contributed by atoms with van der Waals surface area (Å²) >= 11 is 5.88. The highest BCUT2D eigenvalue weighted by molar-refractivity contribution is 7.92. The predicted molar refractivity (Wildman–Crippen MR) is 88.1 cm³/mol. The predicted octanol–water partition coefficient (Wildman–Crippen LogP) is 2.92. The van der Waals surface area contributed by atoms with Gasteiger partial charge in [-0.05, 0) is 24.3 Å². The third kappa shape index (κ3) is 2.99. The van der Waals surface area contributed by atoms with Crippen LogP contribution >= 0.6 is 11.6 Å². The smallest absolute Gasteiger partial charge is 0.261 e. The normalized spacial score (nSPS) is 13.0. The van der Waals surface area contributed by atoms with Gasteiger partial charge in [0.05, 0.1) is 16.1 Å². The first kappa shape index (κ1) is 15.7. The summed E-state index contributed by atoms with van der Waals surface area (Å²) in [5.41, 5.74) is 0.584. The van der Waals surface area contributed by atoms with Crippen LogP contribution in [0.25, 0.3) is 11.5 Å². The zero-order valence-electron chi connectivity index (χ0n) is 12.5. The van der Waals surface area contributed by atoms with E-state index >= 15 is 0 Å². The quantitative estimate of drug-likeness (QED) is 0.743. The summed E-state index contributed by atoms with van der Waals surface area (Å²) in [5, 5.41) is 3.86. The fraction of sp³-hybridized carbons (Fsp3) is 0.0667. The van der Waals surface area contributed by atoms with E-state index in [9.17, 15) is 8.42 Å². The number of fused-ring (bicyclic) bond motifs is 1. The molecule has 0 unspecified atom stereocenters. The summed E-state index contributed by atoms with van der Waals surface area (Å²) in [6.45, 7) is 0.0447. The van der Waals surface area contributed by atoms with Crippen molar-refractivity contribution in [2.75, 3.05) is 11.5 Å². The highest BCUT2D eigenvalue weighted by atomic mass is 35.5. The van der Waals surface area contributed by atoms with Gasteiger partial charge in [0.15, 0.2) is 17.8 Å². The lowest BCUT2D eigenvalue weighted by atomic mass is 10.1. The van der Waals surface area contributed by atoms with Gasteiger partial charge in [-0.15, -0.1) is 0 Å². The SMILES string of the molecule is O=S(=O)(Nc1cc2c(cc1-c1ncno1)OCO2)c1cccc(Cl)c1. The molecule has 1 N–H and O–H groups in total. The second kappa shape index (κ2) is 5.94. The van der Waals surface area contributed by atoms with Crippen LogP contribution in [-0.2, 0) is 10.0 Å². The first-order valence-corrected chi connectivity index (χ1v) is 8.88. The van der Waals surface area contributed by atoms with Crippen LogP contribution in [0.3, 0.4) is 0 Å². The number of nitrogens with one attached hydrogen (secondary N) is 1. The molecule has 4 rings (SSSR count). The zero-order chi connectivity index (χ0) is 17.4. The summed E-state index contributed by atoms with van der Waals surface area (Å²) < 4.78 is 43.5. The van der Waals surface area contributed by atoms with Gasteiger partial charge in [-0.1, -0.05) is 22.8 Å². The molecule has 0 fully saturated rings.